The number of nitrogens with one attached hydrogen (secondary N) is 1. The number of aliphatic hydroxyl groups excluding tert-OH is 2. The maximum Gasteiger partial charge on any atom is 0.247 e. The number of para-hydroxylation sites is 1. The molecular formula is C26H29Cl2IN2O5. The van der Waals surface area contributed by atoms with Crippen LogP contribution in [0.3, 0.4) is 0 Å². The number of hydrogen-bond donors (Lipinski definition) is 3. The number of benzene rings is 2. The Labute approximate surface area is 234 Å². The molecule has 2 aromatic rings. The van der Waals surface area contributed by atoms with Crippen LogP contribution in [0.5, 0.6) is 5.75 Å². The molecule has 7 nitrogen and oxygen atoms in total. The first-order valence-corrected chi connectivity index (χ1v) is 13.5. The summed E-state index contributed by atoms with van der Waals surface area (Å²) in [5, 5.41) is 24.0. The highest BCUT2D eigenvalue weighted by molar-refractivity contribution is 14.1. The molecule has 2 aromatic carbocycles. The lowest BCUT2D eigenvalue weighted by atomic mass is 9.87. The van der Waals surface area contributed by atoms with E-state index in [0.717, 1.165) is 9.13 Å². The molecule has 1 aliphatic rings. The average molecular weight is 647 g/mol. The highest BCUT2D eigenvalue weighted by Gasteiger charge is 2.40. The van der Waals surface area contributed by atoms with Gasteiger partial charge in [0.15, 0.2) is 0 Å². The smallest absolute Gasteiger partial charge is 0.247 e. The number of aliphatic hydroxyl groups is 2. The predicted octanol–water partition coefficient (Wildman–Crippen LogP) is 4.34. The maximum absolute atomic E-state index is 13.3. The summed E-state index contributed by atoms with van der Waals surface area (Å²) in [7, 11) is 0. The zero-order valence-electron chi connectivity index (χ0n) is 19.8. The Morgan fingerprint density at radius 2 is 1.94 bits per heavy atom. The second kappa shape index (κ2) is 13.6. The van der Waals surface area contributed by atoms with Gasteiger partial charge in [0.05, 0.1) is 26.3 Å². The number of ether oxygens (including phenoxy) is 1. The summed E-state index contributed by atoms with van der Waals surface area (Å²) in [6, 6.07) is 11.8. The SMILES string of the molecule is CCCC(=O)N(Cc1ccc(Cl)c(Cl)c1)[C@@H]1CC(C(=O)NCCO)=C[C@H](Oc2ccccc2I)[C@H]1O. The molecule has 0 fully saturated rings. The van der Waals surface area contributed by atoms with Crippen LogP contribution in [0.15, 0.2) is 54.1 Å². The maximum atomic E-state index is 13.3. The van der Waals surface area contributed by atoms with Crippen LogP contribution in [0.2, 0.25) is 10.0 Å². The summed E-state index contributed by atoms with van der Waals surface area (Å²) in [4.78, 5) is 27.7. The van der Waals surface area contributed by atoms with Gasteiger partial charge in [0.25, 0.3) is 0 Å². The van der Waals surface area contributed by atoms with Gasteiger partial charge in [-0.25, -0.2) is 0 Å². The molecule has 3 rings (SSSR count). The van der Waals surface area contributed by atoms with Gasteiger partial charge in [0.2, 0.25) is 11.8 Å². The van der Waals surface area contributed by atoms with Crippen molar-refractivity contribution in [1.29, 1.82) is 0 Å². The Hall–Kier alpha value is -1.85. The molecular weight excluding hydrogens is 618 g/mol. The second-order valence-corrected chi connectivity index (χ2v) is 10.4. The van der Waals surface area contributed by atoms with E-state index in [2.05, 4.69) is 27.9 Å². The van der Waals surface area contributed by atoms with Crippen LogP contribution in [0.4, 0.5) is 0 Å². The first-order chi connectivity index (χ1) is 17.2. The average Bonchev–Trinajstić information content (AvgIpc) is 2.86. The first-order valence-electron chi connectivity index (χ1n) is 11.7. The summed E-state index contributed by atoms with van der Waals surface area (Å²) < 4.78 is 6.99. The minimum atomic E-state index is -1.10. The molecule has 3 atom stereocenters. The molecule has 0 heterocycles. The van der Waals surface area contributed by atoms with Gasteiger partial charge < -0.3 is 25.2 Å². The number of halogens is 3. The van der Waals surface area contributed by atoms with E-state index in [9.17, 15) is 14.7 Å². The standard InChI is InChI=1S/C26H29Cl2IN2O5/c1-2-5-24(33)31(15-16-8-9-18(27)19(28)12-16)21-13-17(26(35)30-10-11-32)14-23(25(21)34)36-22-7-4-3-6-20(22)29/h3-4,6-9,12,14,21,23,25,32,34H,2,5,10-11,13,15H2,1H3,(H,30,35)/t21-,23+,25+/m1/s1. The van der Waals surface area contributed by atoms with Crippen molar-refractivity contribution < 1.29 is 24.5 Å². The van der Waals surface area contributed by atoms with Crippen LogP contribution in [0.25, 0.3) is 0 Å². The normalized spacial score (nSPS) is 19.4. The number of amides is 2. The number of nitrogens with zero attached hydrogens (tertiary/aromatic N) is 1. The van der Waals surface area contributed by atoms with Gasteiger partial charge >= 0.3 is 0 Å². The lowest BCUT2D eigenvalue weighted by Crippen LogP contribution is -2.54. The summed E-state index contributed by atoms with van der Waals surface area (Å²) >= 11 is 14.4. The highest BCUT2D eigenvalue weighted by Crippen LogP contribution is 2.31. The molecule has 0 radical (unpaired) electrons. The molecule has 0 saturated heterocycles. The quantitative estimate of drug-likeness (QED) is 0.334. The Morgan fingerprint density at radius 1 is 1.19 bits per heavy atom. The minimum Gasteiger partial charge on any atom is -0.482 e. The van der Waals surface area contributed by atoms with E-state index in [0.29, 0.717) is 27.8 Å². The number of carbonyl (C=O) groups is 2. The van der Waals surface area contributed by atoms with Gasteiger partial charge in [-0.05, 0) is 64.9 Å². The molecule has 0 unspecified atom stereocenters. The van der Waals surface area contributed by atoms with Crippen LogP contribution in [-0.2, 0) is 16.1 Å². The van der Waals surface area contributed by atoms with Crippen LogP contribution in [0.1, 0.15) is 31.7 Å². The molecule has 1 aliphatic carbocycles. The summed E-state index contributed by atoms with van der Waals surface area (Å²) in [6.45, 7) is 1.97. The second-order valence-electron chi connectivity index (χ2n) is 8.47. The van der Waals surface area contributed by atoms with Crippen molar-refractivity contribution in [2.45, 2.75) is 51.0 Å². The minimum absolute atomic E-state index is 0.0905. The van der Waals surface area contributed by atoms with Crippen molar-refractivity contribution in [2.24, 2.45) is 0 Å². The van der Waals surface area contributed by atoms with Crippen LogP contribution in [0, 0.1) is 3.57 Å². The first kappa shape index (κ1) is 28.7. The number of hydrogen-bond acceptors (Lipinski definition) is 5. The van der Waals surface area contributed by atoms with E-state index >= 15 is 0 Å². The van der Waals surface area contributed by atoms with Crippen molar-refractivity contribution in [3.8, 4) is 5.75 Å². The van der Waals surface area contributed by atoms with E-state index in [1.54, 1.807) is 35.2 Å². The van der Waals surface area contributed by atoms with E-state index in [-0.39, 0.29) is 44.4 Å². The Morgan fingerprint density at radius 3 is 2.61 bits per heavy atom. The summed E-state index contributed by atoms with van der Waals surface area (Å²) in [5.41, 5.74) is 1.12. The van der Waals surface area contributed by atoms with Gasteiger partial charge in [-0.15, -0.1) is 0 Å². The van der Waals surface area contributed by atoms with Gasteiger partial charge in [0, 0.05) is 31.5 Å². The van der Waals surface area contributed by atoms with Crippen molar-refractivity contribution >= 4 is 57.6 Å². The molecule has 0 bridgehead atoms. The lowest BCUT2D eigenvalue weighted by molar-refractivity contribution is -0.139. The zero-order valence-corrected chi connectivity index (χ0v) is 23.5. The molecule has 0 saturated carbocycles. The van der Waals surface area contributed by atoms with E-state index < -0.39 is 18.2 Å². The summed E-state index contributed by atoms with van der Waals surface area (Å²) in [6.07, 6.45) is 0.655. The molecule has 2 amide bonds. The third kappa shape index (κ3) is 7.35. The third-order valence-electron chi connectivity index (χ3n) is 5.84. The monoisotopic (exact) mass is 646 g/mol. The largest absolute Gasteiger partial charge is 0.482 e. The molecule has 194 valence electrons. The number of carbonyl (C=O) groups excluding carboxylic acids is 2. The van der Waals surface area contributed by atoms with Crippen LogP contribution < -0.4 is 10.1 Å². The predicted molar refractivity (Wildman–Crippen MR) is 148 cm³/mol. The molecule has 0 aliphatic heterocycles. The zero-order chi connectivity index (χ0) is 26.2. The van der Waals surface area contributed by atoms with Crippen molar-refractivity contribution in [1.82, 2.24) is 10.2 Å². The lowest BCUT2D eigenvalue weighted by Gasteiger charge is -2.40. The fourth-order valence-corrected chi connectivity index (χ4v) is 4.88. The number of rotatable bonds is 10. The van der Waals surface area contributed by atoms with Crippen molar-refractivity contribution in [3.63, 3.8) is 0 Å². The van der Waals surface area contributed by atoms with Gasteiger partial charge in [-0.3, -0.25) is 9.59 Å². The molecule has 3 N–H and O–H groups in total. The molecule has 36 heavy (non-hydrogen) atoms. The van der Waals surface area contributed by atoms with E-state index in [1.165, 1.54) is 0 Å². The topological polar surface area (TPSA) is 99.1 Å². The van der Waals surface area contributed by atoms with E-state index in [1.807, 2.05) is 25.1 Å². The molecule has 0 spiro atoms. The summed E-state index contributed by atoms with van der Waals surface area (Å²) in [5.74, 6) is 0.0255. The van der Waals surface area contributed by atoms with Crippen LogP contribution in [-0.4, -0.2) is 58.3 Å². The van der Waals surface area contributed by atoms with Gasteiger partial charge in [-0.1, -0.05) is 48.3 Å². The fraction of sp³-hybridized carbons (Fsp3) is 0.385. The Kier molecular flexibility index (Phi) is 10.9. The Bertz CT molecular complexity index is 1110. The van der Waals surface area contributed by atoms with Crippen molar-refractivity contribution in [2.75, 3.05) is 13.2 Å². The van der Waals surface area contributed by atoms with Crippen LogP contribution >= 0.6 is 45.8 Å². The third-order valence-corrected chi connectivity index (χ3v) is 7.47. The highest BCUT2D eigenvalue weighted by atomic mass is 127. The van der Waals surface area contributed by atoms with Gasteiger partial charge in [-0.2, -0.15) is 0 Å². The molecule has 10 heteroatoms. The fourth-order valence-electron chi connectivity index (χ4n) is 4.05. The Balaban J connectivity index is 1.98. The van der Waals surface area contributed by atoms with Gasteiger partial charge in [0.1, 0.15) is 18.0 Å². The van der Waals surface area contributed by atoms with Crippen molar-refractivity contribution in [3.05, 3.63) is 73.3 Å². The van der Waals surface area contributed by atoms with E-state index in [4.69, 9.17) is 33.0 Å². The molecule has 0 aromatic heterocycles.